The first-order valence-electron chi connectivity index (χ1n) is 12.6. The summed E-state index contributed by atoms with van der Waals surface area (Å²) in [5, 5.41) is 50.2. The topological polar surface area (TPSA) is 275 Å². The number of halogens is 1. The highest BCUT2D eigenvalue weighted by atomic mass is 32.7. The van der Waals surface area contributed by atoms with E-state index in [1.54, 1.807) is 19.0 Å². The first-order chi connectivity index (χ1) is 19.9. The summed E-state index contributed by atoms with van der Waals surface area (Å²) in [4.78, 5) is 24.0. The number of aliphatic hydroxyl groups excluding tert-OH is 4. The minimum atomic E-state index is -5.42. The number of phosphoric ester groups is 1. The number of aliphatic hydroxyl groups is 5. The highest BCUT2D eigenvalue weighted by Crippen LogP contribution is 2.68. The first kappa shape index (κ1) is 33.0. The van der Waals surface area contributed by atoms with Crippen LogP contribution < -0.4 is 5.73 Å². The molecule has 43 heavy (non-hydrogen) atoms. The van der Waals surface area contributed by atoms with Crippen LogP contribution in [0, 0.1) is 11.8 Å². The van der Waals surface area contributed by atoms with Crippen molar-refractivity contribution in [2.75, 3.05) is 33.0 Å². The number of hydrogen-bond donors (Lipinski definition) is 8. The summed E-state index contributed by atoms with van der Waals surface area (Å²) >= 11 is 3.62. The number of nitrogens with two attached hydrogens (primary N) is 1. The number of imidazole rings is 1. The second-order valence-electron chi connectivity index (χ2n) is 10.6. The normalized spacial score (nSPS) is 39.4. The molecule has 2 aromatic heterocycles. The number of likely N-dealkylation sites (N-methyl/N-ethyl adjacent to an activating group) is 1. The maximum atomic E-state index is 15.9. The summed E-state index contributed by atoms with van der Waals surface area (Å²) in [6.45, 7) is -6.84. The maximum absolute atomic E-state index is 15.9. The van der Waals surface area contributed by atoms with Crippen LogP contribution in [0.5, 0.6) is 0 Å². The lowest BCUT2D eigenvalue weighted by Crippen LogP contribution is -2.64. The second kappa shape index (κ2) is 11.4. The average Bonchev–Trinajstić information content (AvgIpc) is 3.52. The van der Waals surface area contributed by atoms with Gasteiger partial charge in [0.1, 0.15) is 18.5 Å². The van der Waals surface area contributed by atoms with E-state index < -0.39 is 88.2 Å². The highest BCUT2D eigenvalue weighted by molar-refractivity contribution is 8.45. The molecule has 0 amide bonds. The summed E-state index contributed by atoms with van der Waals surface area (Å²) in [7, 11) is -2.09. The van der Waals surface area contributed by atoms with E-state index in [9.17, 15) is 39.6 Å². The number of alkyl halides is 1. The largest absolute Gasteiger partial charge is 0.482 e. The van der Waals surface area contributed by atoms with E-state index in [1.165, 1.54) is 17.2 Å². The minimum absolute atomic E-state index is 0.0972. The van der Waals surface area contributed by atoms with Gasteiger partial charge in [-0.3, -0.25) is 13.6 Å². The molecule has 3 fully saturated rings. The number of anilines is 1. The molecule has 5 rings (SSSR count). The number of phosphoric acid groups is 1. The molecule has 3 aliphatic rings. The fourth-order valence-electron chi connectivity index (χ4n) is 5.61. The van der Waals surface area contributed by atoms with Crippen LogP contribution in [0.25, 0.3) is 11.2 Å². The van der Waals surface area contributed by atoms with E-state index in [-0.39, 0.29) is 23.4 Å². The molecular weight excluding hydrogens is 645 g/mol. The van der Waals surface area contributed by atoms with E-state index in [2.05, 4.69) is 31.5 Å². The Hall–Kier alpha value is -1.39. The summed E-state index contributed by atoms with van der Waals surface area (Å²) in [5.74, 6) is -8.14. The number of ether oxygens (including phenoxy) is 2. The third kappa shape index (κ3) is 5.98. The van der Waals surface area contributed by atoms with Crippen LogP contribution in [-0.2, 0) is 32.0 Å². The van der Waals surface area contributed by atoms with Crippen molar-refractivity contribution in [3.8, 4) is 0 Å². The highest BCUT2D eigenvalue weighted by Gasteiger charge is 2.73. The molecule has 0 spiro atoms. The van der Waals surface area contributed by atoms with Crippen molar-refractivity contribution in [3.05, 3.63) is 12.7 Å². The molecular formula is C20H31FN6O13P2S. The van der Waals surface area contributed by atoms with Crippen LogP contribution in [0.3, 0.4) is 0 Å². The van der Waals surface area contributed by atoms with Gasteiger partial charge in [-0.1, -0.05) is 12.2 Å². The lowest BCUT2D eigenvalue weighted by atomic mass is 9.86. The van der Waals surface area contributed by atoms with Gasteiger partial charge in [0.2, 0.25) is 5.85 Å². The number of hydrogen-bond acceptors (Lipinski definition) is 17. The van der Waals surface area contributed by atoms with Crippen molar-refractivity contribution < 1.29 is 66.8 Å². The SMILES string of the molecule is CN(C)[C@@H]1C[C@@](F)(COP(=O)(S)OP(=O)(O)OC2OC3(O)C2C(O)C(O)C3[C@@H](O)CO)O[C@H]1n1cnc2c(N)ncnc21. The van der Waals surface area contributed by atoms with Crippen LogP contribution in [0.1, 0.15) is 12.6 Å². The molecule has 4 heterocycles. The monoisotopic (exact) mass is 676 g/mol. The predicted molar refractivity (Wildman–Crippen MR) is 142 cm³/mol. The minimum Gasteiger partial charge on any atom is -0.394 e. The molecule has 23 heteroatoms. The Balaban J connectivity index is 1.23. The van der Waals surface area contributed by atoms with Crippen LogP contribution >= 0.6 is 26.9 Å². The van der Waals surface area contributed by atoms with Crippen LogP contribution in [0.4, 0.5) is 10.2 Å². The molecule has 2 saturated heterocycles. The van der Waals surface area contributed by atoms with Gasteiger partial charge in [-0.05, 0) is 14.1 Å². The summed E-state index contributed by atoms with van der Waals surface area (Å²) in [6.07, 6.45) is -6.07. The van der Waals surface area contributed by atoms with Gasteiger partial charge in [-0.25, -0.2) is 28.5 Å². The van der Waals surface area contributed by atoms with Crippen LogP contribution in [0.15, 0.2) is 12.7 Å². The van der Waals surface area contributed by atoms with Crippen molar-refractivity contribution in [2.45, 2.75) is 54.9 Å². The van der Waals surface area contributed by atoms with Gasteiger partial charge < -0.3 is 50.5 Å². The van der Waals surface area contributed by atoms with E-state index >= 15 is 4.39 Å². The number of rotatable bonds is 11. The Morgan fingerprint density at radius 1 is 1.28 bits per heavy atom. The summed E-state index contributed by atoms with van der Waals surface area (Å²) < 4.78 is 67.7. The van der Waals surface area contributed by atoms with Gasteiger partial charge in [0.05, 0.1) is 49.1 Å². The zero-order valence-corrected chi connectivity index (χ0v) is 25.2. The number of fused-ring (bicyclic) bond motifs is 2. The molecule has 0 bridgehead atoms. The quantitative estimate of drug-likeness (QED) is 0.0991. The Morgan fingerprint density at radius 2 is 1.98 bits per heavy atom. The lowest BCUT2D eigenvalue weighted by Gasteiger charge is -2.49. The average molecular weight is 677 g/mol. The molecule has 0 radical (unpaired) electrons. The fraction of sp³-hybridized carbons (Fsp3) is 0.750. The smallest absolute Gasteiger partial charge is 0.394 e. The van der Waals surface area contributed by atoms with Crippen molar-refractivity contribution in [2.24, 2.45) is 11.8 Å². The molecule has 242 valence electrons. The molecule has 2 aliphatic heterocycles. The third-order valence-electron chi connectivity index (χ3n) is 7.63. The van der Waals surface area contributed by atoms with Gasteiger partial charge in [0.15, 0.2) is 29.8 Å². The van der Waals surface area contributed by atoms with Gasteiger partial charge in [-0.2, -0.15) is 4.31 Å². The molecule has 1 saturated carbocycles. The zero-order chi connectivity index (χ0) is 31.7. The van der Waals surface area contributed by atoms with Crippen molar-refractivity contribution in [3.63, 3.8) is 0 Å². The molecule has 8 unspecified atom stereocenters. The van der Waals surface area contributed by atoms with Gasteiger partial charge in [-0.15, -0.1) is 0 Å². The number of thiol groups is 1. The van der Waals surface area contributed by atoms with Crippen molar-refractivity contribution in [1.29, 1.82) is 0 Å². The standard InChI is InChI=1S/C20H31FN6O13P2S/c1-26(2)8-3-19(21,37-17(8)27-7-25-12-15(22)23-6-24-16(12)27)5-36-42(35,43)40-41(33,34)39-18-11-14(31)13(30)10(9(29)4-28)20(11,32)38-18/h6-11,13-14,17-18,28-32H,3-5H2,1-2H3,(H,33,34)(H,35,43)(H2,22,23,24)/t8-,9+,10?,11?,13?,14?,17-,18?,19+,20?,42?/m1/s1. The molecule has 8 N–H and O–H groups in total. The zero-order valence-electron chi connectivity index (χ0n) is 22.5. The fourth-order valence-corrected chi connectivity index (χ4v) is 8.79. The van der Waals surface area contributed by atoms with Crippen molar-refractivity contribution in [1.82, 2.24) is 24.4 Å². The lowest BCUT2D eigenvalue weighted by molar-refractivity contribution is -0.427. The van der Waals surface area contributed by atoms with E-state index in [0.29, 0.717) is 0 Å². The summed E-state index contributed by atoms with van der Waals surface area (Å²) in [6, 6.07) is -0.634. The molecule has 19 nitrogen and oxygen atoms in total. The number of aromatic nitrogens is 4. The third-order valence-corrected chi connectivity index (χ3v) is 11.2. The van der Waals surface area contributed by atoms with Crippen molar-refractivity contribution >= 4 is 43.9 Å². The van der Waals surface area contributed by atoms with Gasteiger partial charge in [0, 0.05) is 6.42 Å². The Kier molecular flexibility index (Phi) is 8.78. The van der Waals surface area contributed by atoms with Gasteiger partial charge in [0.25, 0.3) is 0 Å². The Labute approximate surface area is 247 Å². The maximum Gasteiger partial charge on any atom is 0.482 e. The molecule has 0 aromatic carbocycles. The number of nitrogens with zero attached hydrogens (tertiary/aromatic N) is 5. The number of nitrogen functional groups attached to an aromatic ring is 1. The Morgan fingerprint density at radius 3 is 2.63 bits per heavy atom. The van der Waals surface area contributed by atoms with E-state index in [0.717, 1.165) is 0 Å². The molecule has 1 aliphatic carbocycles. The van der Waals surface area contributed by atoms with Crippen LogP contribution in [-0.4, -0.2) is 124 Å². The van der Waals surface area contributed by atoms with E-state index in [4.69, 9.17) is 24.3 Å². The summed E-state index contributed by atoms with van der Waals surface area (Å²) in [5.41, 5.74) is 6.35. The Bertz CT molecular complexity index is 1460. The van der Waals surface area contributed by atoms with Crippen LogP contribution in [0.2, 0.25) is 0 Å². The van der Waals surface area contributed by atoms with Gasteiger partial charge >= 0.3 is 14.6 Å². The first-order valence-corrected chi connectivity index (χ1v) is 16.8. The molecule has 2 aromatic rings. The van der Waals surface area contributed by atoms with E-state index in [1.807, 2.05) is 0 Å². The predicted octanol–water partition coefficient (Wildman–Crippen LogP) is -1.52. The molecule has 12 atom stereocenters. The second-order valence-corrected chi connectivity index (χ2v) is 15.1.